The van der Waals surface area contributed by atoms with Crippen molar-refractivity contribution in [3.8, 4) is 0 Å². The van der Waals surface area contributed by atoms with Crippen molar-refractivity contribution in [2.24, 2.45) is 5.92 Å². The van der Waals surface area contributed by atoms with Crippen molar-refractivity contribution in [3.63, 3.8) is 0 Å². The number of ether oxygens (including phenoxy) is 1. The number of rotatable bonds is 3. The van der Waals surface area contributed by atoms with Gasteiger partial charge in [0.2, 0.25) is 0 Å². The van der Waals surface area contributed by atoms with Crippen LogP contribution in [0.5, 0.6) is 0 Å². The van der Waals surface area contributed by atoms with Crippen LogP contribution in [0.15, 0.2) is 11.8 Å². The fourth-order valence-electron chi connectivity index (χ4n) is 0.407. The summed E-state index contributed by atoms with van der Waals surface area (Å²) in [7, 11) is 0. The van der Waals surface area contributed by atoms with Gasteiger partial charge < -0.3 is 4.74 Å². The van der Waals surface area contributed by atoms with Crippen LogP contribution in [0.2, 0.25) is 0 Å². The first-order valence-corrected chi connectivity index (χ1v) is 3.38. The lowest BCUT2D eigenvalue weighted by Gasteiger charge is -2.03. The van der Waals surface area contributed by atoms with E-state index in [1.54, 1.807) is 6.26 Å². The maximum Gasteiger partial charge on any atom is 0.0896 e. The quantitative estimate of drug-likeness (QED) is 0.531. The molecule has 0 saturated heterocycles. The fraction of sp³-hybridized carbons (Fsp3) is 0.750. The highest BCUT2D eigenvalue weighted by molar-refractivity contribution is 4.86. The van der Waals surface area contributed by atoms with Gasteiger partial charge in [-0.2, -0.15) is 0 Å². The third kappa shape index (κ3) is 7.54. The van der Waals surface area contributed by atoms with Gasteiger partial charge in [0.25, 0.3) is 0 Å². The van der Waals surface area contributed by atoms with E-state index >= 15 is 0 Å². The summed E-state index contributed by atoms with van der Waals surface area (Å²) >= 11 is 0. The van der Waals surface area contributed by atoms with Crippen molar-refractivity contribution in [2.75, 3.05) is 6.61 Å². The second-order valence-corrected chi connectivity index (χ2v) is 2.92. The molecule has 0 bridgehead atoms. The SMILES string of the molecule is CC(C)=COCC(C)C. The molecular formula is C8H16O. The van der Waals surface area contributed by atoms with E-state index in [2.05, 4.69) is 13.8 Å². The smallest absolute Gasteiger partial charge is 0.0896 e. The summed E-state index contributed by atoms with van der Waals surface area (Å²) < 4.78 is 5.19. The van der Waals surface area contributed by atoms with Crippen molar-refractivity contribution < 1.29 is 4.74 Å². The minimum atomic E-state index is 0.626. The van der Waals surface area contributed by atoms with E-state index in [1.165, 1.54) is 5.57 Å². The molecule has 0 unspecified atom stereocenters. The molecule has 0 aliphatic heterocycles. The van der Waals surface area contributed by atoms with Gasteiger partial charge in [-0.1, -0.05) is 13.8 Å². The van der Waals surface area contributed by atoms with Gasteiger partial charge in [0.1, 0.15) is 0 Å². The van der Waals surface area contributed by atoms with Crippen LogP contribution < -0.4 is 0 Å². The summed E-state index contributed by atoms with van der Waals surface area (Å²) in [5.74, 6) is 0.626. The van der Waals surface area contributed by atoms with Crippen molar-refractivity contribution in [1.82, 2.24) is 0 Å². The number of hydrogen-bond donors (Lipinski definition) is 0. The minimum absolute atomic E-state index is 0.626. The van der Waals surface area contributed by atoms with Crippen LogP contribution in [-0.2, 0) is 4.74 Å². The Hall–Kier alpha value is -0.460. The number of hydrogen-bond acceptors (Lipinski definition) is 1. The van der Waals surface area contributed by atoms with Crippen LogP contribution in [0.25, 0.3) is 0 Å². The molecule has 0 aromatic carbocycles. The fourth-order valence-corrected chi connectivity index (χ4v) is 0.407. The largest absolute Gasteiger partial charge is 0.501 e. The molecule has 54 valence electrons. The van der Waals surface area contributed by atoms with Crippen LogP contribution in [0.3, 0.4) is 0 Å². The van der Waals surface area contributed by atoms with E-state index < -0.39 is 0 Å². The molecule has 0 aromatic heterocycles. The molecule has 0 aromatic rings. The molecule has 1 heteroatoms. The molecule has 0 N–H and O–H groups in total. The molecule has 0 saturated carbocycles. The van der Waals surface area contributed by atoms with Gasteiger partial charge in [0.15, 0.2) is 0 Å². The van der Waals surface area contributed by atoms with Gasteiger partial charge in [-0.05, 0) is 25.3 Å². The van der Waals surface area contributed by atoms with Gasteiger partial charge in [0, 0.05) is 0 Å². The highest BCUT2D eigenvalue weighted by Gasteiger charge is 1.89. The van der Waals surface area contributed by atoms with E-state index in [0.717, 1.165) is 6.61 Å². The summed E-state index contributed by atoms with van der Waals surface area (Å²) in [5, 5.41) is 0. The second kappa shape index (κ2) is 4.42. The average Bonchev–Trinajstić information content (AvgIpc) is 1.63. The third-order valence-electron chi connectivity index (χ3n) is 0.749. The Morgan fingerprint density at radius 1 is 1.44 bits per heavy atom. The molecule has 9 heavy (non-hydrogen) atoms. The van der Waals surface area contributed by atoms with Gasteiger partial charge in [-0.15, -0.1) is 0 Å². The van der Waals surface area contributed by atoms with Crippen LogP contribution in [0, 0.1) is 5.92 Å². The summed E-state index contributed by atoms with van der Waals surface area (Å²) in [4.78, 5) is 0. The molecule has 0 rings (SSSR count). The highest BCUT2D eigenvalue weighted by atomic mass is 16.5. The zero-order valence-electron chi connectivity index (χ0n) is 6.77. The predicted molar refractivity (Wildman–Crippen MR) is 40.2 cm³/mol. The van der Waals surface area contributed by atoms with Crippen LogP contribution >= 0.6 is 0 Å². The molecule has 0 aliphatic rings. The molecular weight excluding hydrogens is 112 g/mol. The zero-order chi connectivity index (χ0) is 7.28. The topological polar surface area (TPSA) is 9.23 Å². The van der Waals surface area contributed by atoms with Gasteiger partial charge >= 0.3 is 0 Å². The van der Waals surface area contributed by atoms with Crippen LogP contribution in [0.1, 0.15) is 27.7 Å². The molecule has 0 amide bonds. The van der Waals surface area contributed by atoms with Crippen molar-refractivity contribution in [2.45, 2.75) is 27.7 Å². The maximum atomic E-state index is 5.19. The molecule has 0 atom stereocenters. The minimum Gasteiger partial charge on any atom is -0.501 e. The standard InChI is InChI=1S/C8H16O/c1-7(2)5-9-6-8(3)4/h5,8H,6H2,1-4H3. The lowest BCUT2D eigenvalue weighted by molar-refractivity contribution is 0.209. The summed E-state index contributed by atoms with van der Waals surface area (Å²) in [5.41, 5.74) is 1.22. The maximum absolute atomic E-state index is 5.19. The third-order valence-corrected chi connectivity index (χ3v) is 0.749. The number of allylic oxidation sites excluding steroid dienone is 1. The molecule has 0 aliphatic carbocycles. The van der Waals surface area contributed by atoms with Gasteiger partial charge in [-0.3, -0.25) is 0 Å². The normalized spacial score (nSPS) is 9.44. The Morgan fingerprint density at radius 2 is 2.00 bits per heavy atom. The van der Waals surface area contributed by atoms with E-state index in [-0.39, 0.29) is 0 Å². The molecule has 0 radical (unpaired) electrons. The van der Waals surface area contributed by atoms with Crippen molar-refractivity contribution in [1.29, 1.82) is 0 Å². The van der Waals surface area contributed by atoms with E-state index in [1.807, 2.05) is 13.8 Å². The molecule has 1 nitrogen and oxygen atoms in total. The van der Waals surface area contributed by atoms with E-state index in [0.29, 0.717) is 5.92 Å². The first-order chi connectivity index (χ1) is 4.13. The van der Waals surface area contributed by atoms with Gasteiger partial charge in [0.05, 0.1) is 12.9 Å². The summed E-state index contributed by atoms with van der Waals surface area (Å²) in [6.07, 6.45) is 1.81. The molecule has 0 fully saturated rings. The molecule has 0 heterocycles. The van der Waals surface area contributed by atoms with Crippen molar-refractivity contribution in [3.05, 3.63) is 11.8 Å². The van der Waals surface area contributed by atoms with Crippen LogP contribution in [0.4, 0.5) is 0 Å². The Balaban J connectivity index is 3.20. The summed E-state index contributed by atoms with van der Waals surface area (Å²) in [6, 6.07) is 0. The highest BCUT2D eigenvalue weighted by Crippen LogP contribution is 1.95. The lowest BCUT2D eigenvalue weighted by atomic mass is 10.2. The average molecular weight is 128 g/mol. The zero-order valence-corrected chi connectivity index (χ0v) is 6.77. The Morgan fingerprint density at radius 3 is 2.33 bits per heavy atom. The molecule has 0 spiro atoms. The Bertz CT molecular complexity index is 88.7. The van der Waals surface area contributed by atoms with E-state index in [4.69, 9.17) is 4.74 Å². The van der Waals surface area contributed by atoms with E-state index in [9.17, 15) is 0 Å². The summed E-state index contributed by atoms with van der Waals surface area (Å²) in [6.45, 7) is 9.16. The predicted octanol–water partition coefficient (Wildman–Crippen LogP) is 2.58. The first kappa shape index (κ1) is 8.54. The lowest BCUT2D eigenvalue weighted by Crippen LogP contribution is -1.96. The van der Waals surface area contributed by atoms with Crippen LogP contribution in [-0.4, -0.2) is 6.61 Å². The Kier molecular flexibility index (Phi) is 4.20. The Labute approximate surface area is 57.7 Å². The monoisotopic (exact) mass is 128 g/mol. The van der Waals surface area contributed by atoms with Gasteiger partial charge in [-0.25, -0.2) is 0 Å². The first-order valence-electron chi connectivity index (χ1n) is 3.38. The second-order valence-electron chi connectivity index (χ2n) is 2.92. The van der Waals surface area contributed by atoms with Crippen molar-refractivity contribution >= 4 is 0 Å².